The Morgan fingerprint density at radius 2 is 2.11 bits per heavy atom. The van der Waals surface area contributed by atoms with Gasteiger partial charge < -0.3 is 9.84 Å². The average molecular weight is 273 g/mol. The molecule has 0 heterocycles. The molecule has 0 aromatic heterocycles. The van der Waals surface area contributed by atoms with Gasteiger partial charge in [-0.1, -0.05) is 0 Å². The molecule has 0 spiro atoms. The second kappa shape index (κ2) is 5.71. The molecular weight excluding hydrogens is 263 g/mol. The van der Waals surface area contributed by atoms with E-state index in [9.17, 15) is 18.0 Å². The Hall–Kier alpha value is -2.07. The second-order valence-electron chi connectivity index (χ2n) is 3.55. The number of benzene rings is 1. The number of halogens is 3. The van der Waals surface area contributed by atoms with Crippen molar-refractivity contribution in [3.63, 3.8) is 0 Å². The van der Waals surface area contributed by atoms with Crippen LogP contribution in [0.25, 0.3) is 0 Å². The molecule has 0 radical (unpaired) electrons. The van der Waals surface area contributed by atoms with Gasteiger partial charge in [-0.05, 0) is 24.6 Å². The van der Waals surface area contributed by atoms with E-state index in [0.29, 0.717) is 6.07 Å². The van der Waals surface area contributed by atoms with E-state index in [2.05, 4.69) is 4.74 Å². The number of carbonyl (C=O) groups excluding carboxylic acids is 1. The van der Waals surface area contributed by atoms with Crippen molar-refractivity contribution in [2.24, 2.45) is 0 Å². The molecule has 0 saturated carbocycles. The zero-order chi connectivity index (χ0) is 14.6. The number of hydrogen-bond donors (Lipinski definition) is 1. The van der Waals surface area contributed by atoms with Crippen LogP contribution >= 0.6 is 0 Å². The third-order valence-electron chi connectivity index (χ3n) is 2.32. The first-order valence-corrected chi connectivity index (χ1v) is 5.27. The fourth-order valence-electron chi connectivity index (χ4n) is 1.51. The molecule has 0 atom stereocenters. The summed E-state index contributed by atoms with van der Waals surface area (Å²) in [6.07, 6.45) is -4.79. The fraction of sp³-hybridized carbons (Fsp3) is 0.333. The molecule has 1 rings (SSSR count). The lowest BCUT2D eigenvalue weighted by molar-refractivity contribution is -0.137. The Bertz CT molecular complexity index is 532. The Morgan fingerprint density at radius 1 is 1.47 bits per heavy atom. The molecular formula is C12H10F3NO3. The molecule has 0 saturated heterocycles. The maximum atomic E-state index is 12.8. The maximum Gasteiger partial charge on any atom is 0.417 e. The predicted molar refractivity (Wildman–Crippen MR) is 58.0 cm³/mol. The lowest BCUT2D eigenvalue weighted by atomic mass is 9.98. The highest BCUT2D eigenvalue weighted by Gasteiger charge is 2.35. The number of aliphatic hydroxyl groups excluding tert-OH is 1. The third-order valence-corrected chi connectivity index (χ3v) is 2.32. The SMILES string of the molecule is CCOC(=O)c1cc(CO)c(C#N)c(C(F)(F)F)c1. The van der Waals surface area contributed by atoms with Crippen molar-refractivity contribution in [1.82, 2.24) is 0 Å². The molecule has 102 valence electrons. The molecule has 0 bridgehead atoms. The quantitative estimate of drug-likeness (QED) is 0.857. The Kier molecular flexibility index (Phi) is 4.51. The highest BCUT2D eigenvalue weighted by atomic mass is 19.4. The van der Waals surface area contributed by atoms with Gasteiger partial charge in [-0.3, -0.25) is 0 Å². The van der Waals surface area contributed by atoms with Crippen LogP contribution in [-0.2, 0) is 17.5 Å². The normalized spacial score (nSPS) is 10.9. The summed E-state index contributed by atoms with van der Waals surface area (Å²) < 4.78 is 43.0. The van der Waals surface area contributed by atoms with Gasteiger partial charge in [0.15, 0.2) is 0 Å². The first-order chi connectivity index (χ1) is 8.85. The Labute approximate surface area is 107 Å². The number of esters is 1. The minimum atomic E-state index is -4.79. The fourth-order valence-corrected chi connectivity index (χ4v) is 1.51. The summed E-state index contributed by atoms with van der Waals surface area (Å²) in [7, 11) is 0. The molecule has 1 N–H and O–H groups in total. The Morgan fingerprint density at radius 3 is 2.53 bits per heavy atom. The van der Waals surface area contributed by atoms with Crippen molar-refractivity contribution in [2.45, 2.75) is 19.7 Å². The summed E-state index contributed by atoms with van der Waals surface area (Å²) >= 11 is 0. The van der Waals surface area contributed by atoms with Gasteiger partial charge in [0, 0.05) is 0 Å². The van der Waals surface area contributed by atoms with Gasteiger partial charge in [-0.15, -0.1) is 0 Å². The van der Waals surface area contributed by atoms with E-state index in [1.54, 1.807) is 0 Å². The summed E-state index contributed by atoms with van der Waals surface area (Å²) in [5.41, 5.74) is -2.56. The first-order valence-electron chi connectivity index (χ1n) is 5.27. The summed E-state index contributed by atoms with van der Waals surface area (Å²) in [6.45, 7) is 0.743. The van der Waals surface area contributed by atoms with Crippen LogP contribution in [0.1, 0.15) is 34.0 Å². The van der Waals surface area contributed by atoms with Crippen molar-refractivity contribution in [1.29, 1.82) is 5.26 Å². The van der Waals surface area contributed by atoms with Crippen LogP contribution in [0.2, 0.25) is 0 Å². The smallest absolute Gasteiger partial charge is 0.417 e. The largest absolute Gasteiger partial charge is 0.462 e. The van der Waals surface area contributed by atoms with Crippen molar-refractivity contribution in [3.05, 3.63) is 34.4 Å². The summed E-state index contributed by atoms with van der Waals surface area (Å²) in [5.74, 6) is -0.938. The number of hydrogen-bond acceptors (Lipinski definition) is 4. The van der Waals surface area contributed by atoms with E-state index in [1.807, 2.05) is 0 Å². The topological polar surface area (TPSA) is 70.3 Å². The number of nitriles is 1. The number of ether oxygens (including phenoxy) is 1. The summed E-state index contributed by atoms with van der Waals surface area (Å²) in [5, 5.41) is 17.8. The number of aliphatic hydroxyl groups is 1. The zero-order valence-corrected chi connectivity index (χ0v) is 9.91. The first kappa shape index (κ1) is 15.0. The zero-order valence-electron chi connectivity index (χ0n) is 9.91. The van der Waals surface area contributed by atoms with Crippen molar-refractivity contribution in [3.8, 4) is 6.07 Å². The van der Waals surface area contributed by atoms with E-state index >= 15 is 0 Å². The second-order valence-corrected chi connectivity index (χ2v) is 3.55. The van der Waals surface area contributed by atoms with Crippen LogP contribution in [0.4, 0.5) is 13.2 Å². The van der Waals surface area contributed by atoms with E-state index in [4.69, 9.17) is 10.4 Å². The molecule has 7 heteroatoms. The number of alkyl halides is 3. The molecule has 19 heavy (non-hydrogen) atoms. The van der Waals surface area contributed by atoms with E-state index in [1.165, 1.54) is 13.0 Å². The van der Waals surface area contributed by atoms with E-state index < -0.39 is 29.9 Å². The maximum absolute atomic E-state index is 12.8. The number of carbonyl (C=O) groups is 1. The Balaban J connectivity index is 3.48. The molecule has 4 nitrogen and oxygen atoms in total. The molecule has 1 aromatic carbocycles. The minimum Gasteiger partial charge on any atom is -0.462 e. The monoisotopic (exact) mass is 273 g/mol. The molecule has 0 aliphatic heterocycles. The standard InChI is InChI=1S/C12H10F3NO3/c1-2-19-11(18)7-3-8(6-17)9(5-16)10(4-7)12(13,14)15/h3-4,17H,2,6H2,1H3. The van der Waals surface area contributed by atoms with E-state index in [0.717, 1.165) is 6.07 Å². The van der Waals surface area contributed by atoms with Gasteiger partial charge in [-0.2, -0.15) is 18.4 Å². The van der Waals surface area contributed by atoms with Crippen LogP contribution in [0.15, 0.2) is 12.1 Å². The molecule has 0 fully saturated rings. The molecule has 0 aliphatic rings. The van der Waals surface area contributed by atoms with Crippen molar-refractivity contribution < 1.29 is 27.8 Å². The minimum absolute atomic E-state index is 0.00858. The molecule has 0 aliphatic carbocycles. The van der Waals surface area contributed by atoms with Gasteiger partial charge in [0.1, 0.15) is 6.07 Å². The van der Waals surface area contributed by atoms with Crippen LogP contribution in [0.3, 0.4) is 0 Å². The van der Waals surface area contributed by atoms with Crippen molar-refractivity contribution in [2.75, 3.05) is 6.61 Å². The predicted octanol–water partition coefficient (Wildman–Crippen LogP) is 2.25. The van der Waals surface area contributed by atoms with Gasteiger partial charge in [0.2, 0.25) is 0 Å². The molecule has 1 aromatic rings. The van der Waals surface area contributed by atoms with Crippen LogP contribution < -0.4 is 0 Å². The third kappa shape index (κ3) is 3.23. The average Bonchev–Trinajstić information content (AvgIpc) is 2.36. The van der Waals surface area contributed by atoms with Gasteiger partial charge in [-0.25, -0.2) is 4.79 Å². The van der Waals surface area contributed by atoms with Gasteiger partial charge >= 0.3 is 12.1 Å². The van der Waals surface area contributed by atoms with E-state index in [-0.39, 0.29) is 17.7 Å². The highest BCUT2D eigenvalue weighted by molar-refractivity contribution is 5.90. The number of rotatable bonds is 3. The van der Waals surface area contributed by atoms with Crippen molar-refractivity contribution >= 4 is 5.97 Å². The highest BCUT2D eigenvalue weighted by Crippen LogP contribution is 2.34. The summed E-state index contributed by atoms with van der Waals surface area (Å²) in [6, 6.07) is 2.96. The molecule has 0 unspecified atom stereocenters. The van der Waals surface area contributed by atoms with Crippen LogP contribution in [-0.4, -0.2) is 17.7 Å². The molecule has 0 amide bonds. The van der Waals surface area contributed by atoms with Gasteiger partial charge in [0.05, 0.1) is 29.9 Å². The lowest BCUT2D eigenvalue weighted by Gasteiger charge is -2.13. The number of nitrogens with zero attached hydrogens (tertiary/aromatic N) is 1. The van der Waals surface area contributed by atoms with Gasteiger partial charge in [0.25, 0.3) is 0 Å². The lowest BCUT2D eigenvalue weighted by Crippen LogP contribution is -2.14. The van der Waals surface area contributed by atoms with Crippen LogP contribution in [0.5, 0.6) is 0 Å². The van der Waals surface area contributed by atoms with Crippen LogP contribution in [0, 0.1) is 11.3 Å². The summed E-state index contributed by atoms with van der Waals surface area (Å²) in [4.78, 5) is 11.4.